The van der Waals surface area contributed by atoms with E-state index in [1.165, 1.54) is 17.4 Å². The van der Waals surface area contributed by atoms with Crippen molar-refractivity contribution in [3.8, 4) is 10.4 Å². The maximum atomic E-state index is 13.1. The van der Waals surface area contributed by atoms with Gasteiger partial charge in [-0.15, -0.1) is 11.3 Å². The number of carbonyl (C=O) groups excluding carboxylic acids is 1. The van der Waals surface area contributed by atoms with Crippen LogP contribution in [0.1, 0.15) is 67.9 Å². The van der Waals surface area contributed by atoms with Gasteiger partial charge in [0.1, 0.15) is 14.7 Å². The highest BCUT2D eigenvalue weighted by atomic mass is 35.5. The lowest BCUT2D eigenvalue weighted by Gasteiger charge is -2.22. The highest BCUT2D eigenvalue weighted by molar-refractivity contribution is 7.91. The van der Waals surface area contributed by atoms with Crippen molar-refractivity contribution < 1.29 is 21.6 Å². The maximum Gasteiger partial charge on any atom is 0.280 e. The number of halogens is 2. The van der Waals surface area contributed by atoms with E-state index in [2.05, 4.69) is 15.0 Å². The molecule has 37 heavy (non-hydrogen) atoms. The van der Waals surface area contributed by atoms with Crippen molar-refractivity contribution >= 4 is 60.3 Å². The quantitative estimate of drug-likeness (QED) is 0.442. The summed E-state index contributed by atoms with van der Waals surface area (Å²) in [6.45, 7) is 3.43. The Hall–Kier alpha value is -1.24. The van der Waals surface area contributed by atoms with Crippen molar-refractivity contribution in [2.75, 3.05) is 11.5 Å². The summed E-state index contributed by atoms with van der Waals surface area (Å²) in [6, 6.07) is 2.50. The normalized spacial score (nSPS) is 18.9. The Morgan fingerprint density at radius 1 is 1.11 bits per heavy atom. The molecule has 2 fully saturated rings. The first-order valence-electron chi connectivity index (χ1n) is 12.4. The molecule has 2 N–H and O–H groups in total. The first kappa shape index (κ1) is 28.8. The van der Waals surface area contributed by atoms with Crippen molar-refractivity contribution in [1.29, 1.82) is 0 Å². The minimum Gasteiger partial charge on any atom is -0.347 e. The Labute approximate surface area is 232 Å². The second-order valence-corrected chi connectivity index (χ2v) is 15.8. The summed E-state index contributed by atoms with van der Waals surface area (Å²) in [5, 5.41) is 3.21. The van der Waals surface area contributed by atoms with Crippen molar-refractivity contribution in [2.24, 2.45) is 5.92 Å². The minimum absolute atomic E-state index is 0.0586. The number of hydrogen-bond donors (Lipinski definition) is 2. The average Bonchev–Trinajstić information content (AvgIpc) is 3.46. The van der Waals surface area contributed by atoms with Gasteiger partial charge in [0.15, 0.2) is 5.01 Å². The van der Waals surface area contributed by atoms with Gasteiger partial charge in [-0.2, -0.15) is 0 Å². The Bertz CT molecular complexity index is 1370. The van der Waals surface area contributed by atoms with Crippen LogP contribution in [0.25, 0.3) is 10.4 Å². The summed E-state index contributed by atoms with van der Waals surface area (Å²) in [6.07, 6.45) is 5.92. The molecular weight excluding hydrogens is 577 g/mol. The summed E-state index contributed by atoms with van der Waals surface area (Å²) in [7, 11) is -6.90. The number of benzene rings is 1. The van der Waals surface area contributed by atoms with Crippen molar-refractivity contribution in [2.45, 2.75) is 75.8 Å². The molecule has 0 unspecified atom stereocenters. The number of carbonyl (C=O) groups is 1. The van der Waals surface area contributed by atoms with E-state index in [1.807, 2.05) is 0 Å². The first-order valence-corrected chi connectivity index (χ1v) is 17.3. The van der Waals surface area contributed by atoms with E-state index in [1.54, 1.807) is 19.9 Å². The molecule has 1 aromatic heterocycles. The molecule has 8 nitrogen and oxygen atoms in total. The van der Waals surface area contributed by atoms with Crippen LogP contribution in [0.5, 0.6) is 0 Å². The zero-order valence-corrected chi connectivity index (χ0v) is 24.7. The van der Waals surface area contributed by atoms with Crippen LogP contribution in [0.3, 0.4) is 0 Å². The van der Waals surface area contributed by atoms with E-state index in [0.717, 1.165) is 31.4 Å². The number of sulfonamides is 1. The van der Waals surface area contributed by atoms with Crippen molar-refractivity contribution in [3.05, 3.63) is 32.9 Å². The molecule has 2 aromatic rings. The van der Waals surface area contributed by atoms with E-state index in [4.69, 9.17) is 23.2 Å². The molecule has 1 saturated heterocycles. The molecule has 1 amide bonds. The summed E-state index contributed by atoms with van der Waals surface area (Å²) in [5.41, 5.74) is 1.27. The maximum absolute atomic E-state index is 13.1. The third-order valence-electron chi connectivity index (χ3n) is 6.71. The second kappa shape index (κ2) is 11.5. The lowest BCUT2D eigenvalue weighted by Crippen LogP contribution is -2.40. The van der Waals surface area contributed by atoms with Crippen molar-refractivity contribution in [1.82, 2.24) is 15.0 Å². The van der Waals surface area contributed by atoms with Gasteiger partial charge in [0.2, 0.25) is 10.0 Å². The van der Waals surface area contributed by atoms with E-state index >= 15 is 0 Å². The molecule has 13 heteroatoms. The number of hydrogen-bond acceptors (Lipinski definition) is 7. The average molecular weight is 609 g/mol. The highest BCUT2D eigenvalue weighted by Crippen LogP contribution is 2.43. The van der Waals surface area contributed by atoms with E-state index < -0.39 is 19.9 Å². The number of nitrogens with one attached hydrogen (secondary N) is 2. The number of amides is 1. The van der Waals surface area contributed by atoms with Crippen LogP contribution in [0.15, 0.2) is 17.0 Å². The fourth-order valence-electron chi connectivity index (χ4n) is 4.86. The van der Waals surface area contributed by atoms with Crippen LogP contribution < -0.4 is 10.0 Å². The van der Waals surface area contributed by atoms with Gasteiger partial charge in [0.05, 0.1) is 32.1 Å². The van der Waals surface area contributed by atoms with Crippen LogP contribution in [0.2, 0.25) is 10.0 Å². The summed E-state index contributed by atoms with van der Waals surface area (Å²) < 4.78 is 51.4. The molecule has 1 aliphatic carbocycles. The van der Waals surface area contributed by atoms with Crippen molar-refractivity contribution in [3.63, 3.8) is 0 Å². The van der Waals surface area contributed by atoms with Crippen LogP contribution in [-0.4, -0.2) is 51.3 Å². The third kappa shape index (κ3) is 6.86. The Balaban J connectivity index is 1.66. The first-order chi connectivity index (χ1) is 17.4. The van der Waals surface area contributed by atoms with Crippen LogP contribution in [0.4, 0.5) is 0 Å². The number of rotatable bonds is 8. The van der Waals surface area contributed by atoms with Gasteiger partial charge >= 0.3 is 0 Å². The Kier molecular flexibility index (Phi) is 8.92. The highest BCUT2D eigenvalue weighted by Gasteiger charge is 2.29. The van der Waals surface area contributed by atoms with E-state index in [9.17, 15) is 21.6 Å². The second-order valence-electron chi connectivity index (χ2n) is 10.1. The zero-order chi connectivity index (χ0) is 27.0. The monoisotopic (exact) mass is 607 g/mol. The molecule has 0 bridgehead atoms. The molecule has 0 atom stereocenters. The third-order valence-corrected chi connectivity index (χ3v) is 12.3. The molecule has 2 heterocycles. The number of aromatic nitrogens is 1. The smallest absolute Gasteiger partial charge is 0.280 e. The molecular formula is C24H31Cl2N3O5S3. The van der Waals surface area contributed by atoms with Crippen LogP contribution in [-0.2, 0) is 26.3 Å². The van der Waals surface area contributed by atoms with E-state index in [-0.39, 0.29) is 49.4 Å². The fraction of sp³-hybridized carbons (Fsp3) is 0.583. The molecule has 4 rings (SSSR count). The minimum atomic E-state index is -3.86. The van der Waals surface area contributed by atoms with Gasteiger partial charge in [0, 0.05) is 17.6 Å². The molecule has 2 aliphatic rings. The lowest BCUT2D eigenvalue weighted by atomic mass is 9.99. The Morgan fingerprint density at radius 3 is 2.38 bits per heavy atom. The standard InChI is InChI=1S/C24H31Cl2N3O5S3/c1-14(2)29-37(33,34)19-8-7-17(20(25)21(19)26)22-18(13-15-5-3-4-6-15)28-24(35-22)23(30)27-16-9-11-36(31,32)12-10-16/h7-8,14-16,29H,3-6,9-13H2,1-2H3,(H,27,30). The molecule has 1 aliphatic heterocycles. The predicted octanol–water partition coefficient (Wildman–Crippen LogP) is 4.84. The summed E-state index contributed by atoms with van der Waals surface area (Å²) >= 11 is 14.3. The van der Waals surface area contributed by atoms with Crippen LogP contribution in [0, 0.1) is 5.92 Å². The largest absolute Gasteiger partial charge is 0.347 e. The van der Waals surface area contributed by atoms with Gasteiger partial charge in [-0.1, -0.05) is 55.0 Å². The zero-order valence-electron chi connectivity index (χ0n) is 20.7. The number of thiazole rings is 1. The van der Waals surface area contributed by atoms with Gasteiger partial charge in [0.25, 0.3) is 5.91 Å². The number of sulfone groups is 1. The number of nitrogens with zero attached hydrogens (tertiary/aromatic N) is 1. The summed E-state index contributed by atoms with van der Waals surface area (Å²) in [4.78, 5) is 18.4. The lowest BCUT2D eigenvalue weighted by molar-refractivity contribution is 0.0933. The van der Waals surface area contributed by atoms with Gasteiger partial charge in [-0.05, 0) is 45.1 Å². The van der Waals surface area contributed by atoms with Gasteiger partial charge < -0.3 is 5.32 Å². The molecule has 1 saturated carbocycles. The van der Waals surface area contributed by atoms with E-state index in [0.29, 0.717) is 35.6 Å². The van der Waals surface area contributed by atoms with Gasteiger partial charge in [-0.25, -0.2) is 26.5 Å². The molecule has 0 radical (unpaired) electrons. The summed E-state index contributed by atoms with van der Waals surface area (Å²) in [5.74, 6) is 0.215. The topological polar surface area (TPSA) is 122 Å². The molecule has 1 aromatic carbocycles. The SMILES string of the molecule is CC(C)NS(=O)(=O)c1ccc(-c2sc(C(=O)NC3CCS(=O)(=O)CC3)nc2CC2CCCC2)c(Cl)c1Cl. The Morgan fingerprint density at radius 2 is 1.76 bits per heavy atom. The fourth-order valence-corrected chi connectivity index (χ4v) is 9.55. The van der Waals surface area contributed by atoms with Gasteiger partial charge in [-0.3, -0.25) is 4.79 Å². The van der Waals surface area contributed by atoms with Crippen LogP contribution >= 0.6 is 34.5 Å². The predicted molar refractivity (Wildman–Crippen MR) is 148 cm³/mol. The molecule has 0 spiro atoms. The molecule has 204 valence electrons.